The van der Waals surface area contributed by atoms with Crippen molar-refractivity contribution >= 4 is 48.4 Å². The van der Waals surface area contributed by atoms with Crippen LogP contribution in [0.1, 0.15) is 31.8 Å². The van der Waals surface area contributed by atoms with Gasteiger partial charge in [0.15, 0.2) is 12.2 Å². The van der Waals surface area contributed by atoms with Crippen LogP contribution in [0.3, 0.4) is 0 Å². The summed E-state index contributed by atoms with van der Waals surface area (Å²) in [6.45, 7) is 12.5. The van der Waals surface area contributed by atoms with Crippen molar-refractivity contribution in [3.05, 3.63) is 152 Å². The van der Waals surface area contributed by atoms with Crippen molar-refractivity contribution in [2.24, 2.45) is 0 Å². The first-order chi connectivity index (χ1) is 28.9. The number of hydrogen-bond acceptors (Lipinski definition) is 15. The van der Waals surface area contributed by atoms with E-state index in [4.69, 9.17) is 37.9 Å². The van der Waals surface area contributed by atoms with Crippen LogP contribution in [-0.2, 0) is 44.5 Å². The maximum Gasteiger partial charge on any atom is 0.343 e. The molecular weight excluding hydrogens is 797 g/mol. The van der Waals surface area contributed by atoms with Crippen LogP contribution in [0.5, 0.6) is 23.0 Å². The first-order valence-corrected chi connectivity index (χ1v) is 18.5. The highest BCUT2D eigenvalue weighted by molar-refractivity contribution is 7.80. The third-order valence-electron chi connectivity index (χ3n) is 8.45. The van der Waals surface area contributed by atoms with E-state index in [0.717, 1.165) is 46.6 Å². The maximum absolute atomic E-state index is 13.1. The highest BCUT2D eigenvalue weighted by Gasteiger charge is 2.23. The highest BCUT2D eigenvalue weighted by atomic mass is 32.1. The lowest BCUT2D eigenvalue weighted by Gasteiger charge is -2.18. The average Bonchev–Trinajstić information content (AvgIpc) is 3.62. The Morgan fingerprint density at radius 2 is 0.983 bits per heavy atom. The standard InChI is InChI=1S/C45H38O14S/c1-5-40(46)54-25-34(56-42(48)7-3)23-52-31-12-9-27(10-13-31)44(50)58-32-14-16-36-29(20-32)19-30-21-33(15-17-37(30)36)59-45(51)28-11-18-38(39(60)22-28)53-24-35(57-43(49)8-4)26-55-41(47)6-2/h5-18,20-22,34-35,60H,1-4,19,23-26H2. The van der Waals surface area contributed by atoms with Gasteiger partial charge in [0.05, 0.1) is 11.1 Å². The molecule has 4 aromatic rings. The molecule has 0 amide bonds. The molecule has 0 spiro atoms. The first kappa shape index (κ1) is 43.7. The number of thiol groups is 1. The Bertz CT molecular complexity index is 2330. The van der Waals surface area contributed by atoms with Crippen LogP contribution < -0.4 is 18.9 Å². The second-order valence-electron chi connectivity index (χ2n) is 12.6. The van der Waals surface area contributed by atoms with Gasteiger partial charge in [-0.2, -0.15) is 0 Å². The number of carbonyl (C=O) groups excluding carboxylic acids is 6. The molecule has 4 aromatic carbocycles. The Balaban J connectivity index is 1.15. The lowest BCUT2D eigenvalue weighted by molar-refractivity contribution is -0.154. The van der Waals surface area contributed by atoms with Crippen molar-refractivity contribution in [2.75, 3.05) is 26.4 Å². The SMILES string of the molecule is C=CC(=O)OCC(COc1ccc(C(=O)Oc2ccc3c(c2)Cc2cc(OC(=O)c4ccc(OCC(COC(=O)C=C)OC(=O)C=C)c(S)c4)ccc2-3)cc1)OC(=O)C=C. The van der Waals surface area contributed by atoms with Crippen LogP contribution >= 0.6 is 12.6 Å². The maximum atomic E-state index is 13.1. The lowest BCUT2D eigenvalue weighted by atomic mass is 10.1. The molecule has 14 nitrogen and oxygen atoms in total. The van der Waals surface area contributed by atoms with Crippen LogP contribution in [0.4, 0.5) is 0 Å². The summed E-state index contributed by atoms with van der Waals surface area (Å²) in [7, 11) is 0. The number of rotatable bonds is 20. The molecule has 0 aliphatic heterocycles. The van der Waals surface area contributed by atoms with E-state index in [9.17, 15) is 28.8 Å². The normalized spacial score (nSPS) is 11.8. The number of ether oxygens (including phenoxy) is 8. The third-order valence-corrected chi connectivity index (χ3v) is 8.80. The molecule has 5 rings (SSSR count). The molecule has 1 aliphatic rings. The summed E-state index contributed by atoms with van der Waals surface area (Å²) >= 11 is 4.43. The summed E-state index contributed by atoms with van der Waals surface area (Å²) in [5.74, 6) is -2.79. The van der Waals surface area contributed by atoms with E-state index < -0.39 is 48.0 Å². The van der Waals surface area contributed by atoms with E-state index in [2.05, 4.69) is 38.9 Å². The van der Waals surface area contributed by atoms with Gasteiger partial charge in [-0.15, -0.1) is 12.6 Å². The van der Waals surface area contributed by atoms with Gasteiger partial charge in [-0.05, 0) is 95.4 Å². The summed E-state index contributed by atoms with van der Waals surface area (Å²) < 4.78 is 43.0. The fourth-order valence-electron chi connectivity index (χ4n) is 5.57. The van der Waals surface area contributed by atoms with Crippen molar-refractivity contribution in [3.63, 3.8) is 0 Å². The van der Waals surface area contributed by atoms with E-state index in [1.807, 2.05) is 12.1 Å². The van der Waals surface area contributed by atoms with Crippen LogP contribution in [-0.4, -0.2) is 74.5 Å². The van der Waals surface area contributed by atoms with Gasteiger partial charge in [-0.3, -0.25) is 0 Å². The van der Waals surface area contributed by atoms with Gasteiger partial charge >= 0.3 is 35.8 Å². The summed E-state index contributed by atoms with van der Waals surface area (Å²) in [4.78, 5) is 72.8. The number of carbonyl (C=O) groups is 6. The van der Waals surface area contributed by atoms with E-state index in [0.29, 0.717) is 28.6 Å². The molecule has 0 saturated heterocycles. The van der Waals surface area contributed by atoms with Crippen molar-refractivity contribution in [2.45, 2.75) is 23.5 Å². The molecule has 0 heterocycles. The zero-order chi connectivity index (χ0) is 43.2. The molecule has 0 fully saturated rings. The molecular formula is C45H38O14S. The largest absolute Gasteiger partial charge is 0.490 e. The Kier molecular flexibility index (Phi) is 15.2. The van der Waals surface area contributed by atoms with E-state index >= 15 is 0 Å². The Morgan fingerprint density at radius 3 is 1.47 bits per heavy atom. The average molecular weight is 835 g/mol. The topological polar surface area (TPSA) is 176 Å². The Morgan fingerprint density at radius 1 is 0.533 bits per heavy atom. The van der Waals surface area contributed by atoms with Crippen LogP contribution in [0.25, 0.3) is 11.1 Å². The highest BCUT2D eigenvalue weighted by Crippen LogP contribution is 2.40. The minimum atomic E-state index is -0.953. The van der Waals surface area contributed by atoms with Crippen molar-refractivity contribution in [3.8, 4) is 34.1 Å². The second-order valence-corrected chi connectivity index (χ2v) is 13.1. The molecule has 0 N–H and O–H groups in total. The molecule has 2 atom stereocenters. The van der Waals surface area contributed by atoms with Crippen LogP contribution in [0.2, 0.25) is 0 Å². The van der Waals surface area contributed by atoms with Crippen molar-refractivity contribution < 1.29 is 66.7 Å². The van der Waals surface area contributed by atoms with Gasteiger partial charge in [-0.25, -0.2) is 28.8 Å². The first-order valence-electron chi connectivity index (χ1n) is 18.0. The molecule has 308 valence electrons. The summed E-state index contributed by atoms with van der Waals surface area (Å²) in [5.41, 5.74) is 4.14. The molecule has 1 aliphatic carbocycles. The number of fused-ring (bicyclic) bond motifs is 3. The Labute approximate surface area is 350 Å². The fourth-order valence-corrected chi connectivity index (χ4v) is 5.85. The summed E-state index contributed by atoms with van der Waals surface area (Å²) in [6, 6.07) is 21.2. The zero-order valence-corrected chi connectivity index (χ0v) is 32.9. The van der Waals surface area contributed by atoms with Crippen LogP contribution in [0.15, 0.2) is 134 Å². The van der Waals surface area contributed by atoms with Gasteiger partial charge in [0, 0.05) is 29.2 Å². The summed E-state index contributed by atoms with van der Waals surface area (Å²) in [5, 5.41) is 0. The number of esters is 6. The molecule has 2 unspecified atom stereocenters. The Hall–Kier alpha value is -7.39. The molecule has 0 aromatic heterocycles. The number of hydrogen-bond donors (Lipinski definition) is 1. The van der Waals surface area contributed by atoms with Gasteiger partial charge in [0.25, 0.3) is 0 Å². The van der Waals surface area contributed by atoms with Crippen LogP contribution in [0, 0.1) is 0 Å². The smallest absolute Gasteiger partial charge is 0.343 e. The fraction of sp³-hybridized carbons (Fsp3) is 0.156. The quantitative estimate of drug-likeness (QED) is 0.0300. The van der Waals surface area contributed by atoms with Gasteiger partial charge in [0.2, 0.25) is 0 Å². The van der Waals surface area contributed by atoms with Gasteiger partial charge in [0.1, 0.15) is 49.4 Å². The zero-order valence-electron chi connectivity index (χ0n) is 32.0. The van der Waals surface area contributed by atoms with Crippen molar-refractivity contribution in [1.29, 1.82) is 0 Å². The molecule has 0 bridgehead atoms. The lowest BCUT2D eigenvalue weighted by Crippen LogP contribution is -2.30. The minimum Gasteiger partial charge on any atom is -0.490 e. The predicted octanol–water partition coefficient (Wildman–Crippen LogP) is 6.40. The van der Waals surface area contributed by atoms with Gasteiger partial charge in [-0.1, -0.05) is 38.4 Å². The van der Waals surface area contributed by atoms with E-state index in [1.165, 1.54) is 30.3 Å². The van der Waals surface area contributed by atoms with Gasteiger partial charge < -0.3 is 37.9 Å². The minimum absolute atomic E-state index is 0.141. The predicted molar refractivity (Wildman–Crippen MR) is 218 cm³/mol. The number of benzene rings is 4. The monoisotopic (exact) mass is 834 g/mol. The molecule has 0 radical (unpaired) electrons. The molecule has 60 heavy (non-hydrogen) atoms. The van der Waals surface area contributed by atoms with E-state index in [1.54, 1.807) is 36.4 Å². The van der Waals surface area contributed by atoms with Crippen molar-refractivity contribution in [1.82, 2.24) is 0 Å². The molecule has 0 saturated carbocycles. The molecule has 15 heteroatoms. The van der Waals surface area contributed by atoms with E-state index in [-0.39, 0.29) is 43.3 Å². The summed E-state index contributed by atoms with van der Waals surface area (Å²) in [6.07, 6.45) is 2.52. The third kappa shape index (κ3) is 12.1. The second kappa shape index (κ2) is 20.9.